The van der Waals surface area contributed by atoms with Crippen molar-refractivity contribution in [2.75, 3.05) is 24.1 Å². The molecule has 1 aliphatic heterocycles. The predicted octanol–water partition coefficient (Wildman–Crippen LogP) is 5.17. The van der Waals surface area contributed by atoms with Crippen LogP contribution in [0, 0.1) is 5.82 Å². The van der Waals surface area contributed by atoms with E-state index in [0.29, 0.717) is 29.4 Å². The highest BCUT2D eigenvalue weighted by molar-refractivity contribution is 7.92. The number of ether oxygens (including phenoxy) is 2. The zero-order chi connectivity index (χ0) is 31.1. The molecule has 0 saturated heterocycles. The Morgan fingerprint density at radius 1 is 0.977 bits per heavy atom. The second kappa shape index (κ2) is 14.1. The molecule has 2 atom stereocenters. The SMILES string of the molecule is CCC(C)NC(=O)C(CC)N(Cc1ccccc1Cl)C(=O)CN(c1ccc(F)cc1)S(=O)(=O)c1ccc2c(c1)OCCO2. The average molecular weight is 632 g/mol. The molecule has 43 heavy (non-hydrogen) atoms. The fourth-order valence-electron chi connectivity index (χ4n) is 4.62. The van der Waals surface area contributed by atoms with E-state index in [2.05, 4.69) is 5.32 Å². The maximum Gasteiger partial charge on any atom is 0.264 e. The molecule has 3 aromatic carbocycles. The summed E-state index contributed by atoms with van der Waals surface area (Å²) in [5.74, 6) is -0.916. The van der Waals surface area contributed by atoms with Gasteiger partial charge in [-0.3, -0.25) is 13.9 Å². The quantitative estimate of drug-likeness (QED) is 0.296. The Morgan fingerprint density at radius 3 is 2.30 bits per heavy atom. The summed E-state index contributed by atoms with van der Waals surface area (Å²) in [5.41, 5.74) is 0.662. The molecule has 1 heterocycles. The molecular weight excluding hydrogens is 597 g/mol. The van der Waals surface area contributed by atoms with Crippen molar-refractivity contribution in [2.24, 2.45) is 0 Å². The number of hydrogen-bond acceptors (Lipinski definition) is 6. The van der Waals surface area contributed by atoms with Crippen LogP contribution in [0.5, 0.6) is 11.5 Å². The van der Waals surface area contributed by atoms with Crippen molar-refractivity contribution in [3.05, 3.63) is 83.1 Å². The monoisotopic (exact) mass is 631 g/mol. The van der Waals surface area contributed by atoms with Crippen LogP contribution in [0.1, 0.15) is 39.2 Å². The van der Waals surface area contributed by atoms with Crippen molar-refractivity contribution in [1.29, 1.82) is 0 Å². The number of nitrogens with one attached hydrogen (secondary N) is 1. The highest BCUT2D eigenvalue weighted by Crippen LogP contribution is 2.34. The number of carbonyl (C=O) groups is 2. The largest absolute Gasteiger partial charge is 0.486 e. The fourth-order valence-corrected chi connectivity index (χ4v) is 6.24. The zero-order valence-corrected chi connectivity index (χ0v) is 25.8. The number of rotatable bonds is 12. The van der Waals surface area contributed by atoms with Crippen LogP contribution in [0.3, 0.4) is 0 Å². The Hall–Kier alpha value is -3.83. The first kappa shape index (κ1) is 32.1. The van der Waals surface area contributed by atoms with E-state index in [9.17, 15) is 22.4 Å². The molecule has 0 radical (unpaired) electrons. The van der Waals surface area contributed by atoms with Crippen LogP contribution in [-0.4, -0.2) is 57.0 Å². The first-order valence-corrected chi connectivity index (χ1v) is 15.9. The summed E-state index contributed by atoms with van der Waals surface area (Å²) in [6, 6.07) is 14.9. The van der Waals surface area contributed by atoms with Crippen LogP contribution in [0.2, 0.25) is 5.02 Å². The maximum absolute atomic E-state index is 14.2. The van der Waals surface area contributed by atoms with Gasteiger partial charge in [0.15, 0.2) is 11.5 Å². The number of carbonyl (C=O) groups excluding carboxylic acids is 2. The van der Waals surface area contributed by atoms with E-state index in [-0.39, 0.29) is 47.9 Å². The number of nitrogens with zero attached hydrogens (tertiary/aromatic N) is 2. The smallest absolute Gasteiger partial charge is 0.264 e. The second-order valence-electron chi connectivity index (χ2n) is 10.1. The lowest BCUT2D eigenvalue weighted by Crippen LogP contribution is -2.53. The molecule has 0 bridgehead atoms. The van der Waals surface area contributed by atoms with Crippen LogP contribution in [0.15, 0.2) is 71.6 Å². The van der Waals surface area contributed by atoms with Gasteiger partial charge in [-0.05, 0) is 67.8 Å². The molecule has 1 aliphatic rings. The molecular formula is C31H35ClFN3O6S. The average Bonchev–Trinajstić information content (AvgIpc) is 3.00. The van der Waals surface area contributed by atoms with Gasteiger partial charge in [0.1, 0.15) is 31.6 Å². The number of halogens is 2. The highest BCUT2D eigenvalue weighted by atomic mass is 35.5. The van der Waals surface area contributed by atoms with Crippen molar-refractivity contribution in [2.45, 2.75) is 57.1 Å². The first-order valence-electron chi connectivity index (χ1n) is 14.1. The van der Waals surface area contributed by atoms with Gasteiger partial charge in [-0.1, -0.05) is 43.6 Å². The summed E-state index contributed by atoms with van der Waals surface area (Å²) in [5, 5.41) is 3.33. The third-order valence-corrected chi connectivity index (χ3v) is 9.32. The van der Waals surface area contributed by atoms with E-state index < -0.39 is 34.3 Å². The zero-order valence-electron chi connectivity index (χ0n) is 24.3. The van der Waals surface area contributed by atoms with Gasteiger partial charge in [0.2, 0.25) is 11.8 Å². The van der Waals surface area contributed by atoms with E-state index in [1.54, 1.807) is 31.2 Å². The van der Waals surface area contributed by atoms with Crippen LogP contribution < -0.4 is 19.1 Å². The summed E-state index contributed by atoms with van der Waals surface area (Å²) in [7, 11) is -4.38. The molecule has 0 saturated carbocycles. The second-order valence-corrected chi connectivity index (χ2v) is 12.4. The Kier molecular flexibility index (Phi) is 10.5. The van der Waals surface area contributed by atoms with Crippen LogP contribution >= 0.6 is 11.6 Å². The molecule has 12 heteroatoms. The number of sulfonamides is 1. The predicted molar refractivity (Wildman–Crippen MR) is 162 cm³/mol. The molecule has 0 spiro atoms. The van der Waals surface area contributed by atoms with Gasteiger partial charge in [-0.2, -0.15) is 0 Å². The lowest BCUT2D eigenvalue weighted by atomic mass is 10.1. The number of fused-ring (bicyclic) bond motifs is 1. The van der Waals surface area contributed by atoms with Crippen molar-refractivity contribution in [3.8, 4) is 11.5 Å². The Labute approximate surface area is 256 Å². The Bertz CT molecular complexity index is 1550. The van der Waals surface area contributed by atoms with Gasteiger partial charge < -0.3 is 19.7 Å². The molecule has 0 aliphatic carbocycles. The number of hydrogen-bond donors (Lipinski definition) is 1. The molecule has 2 amide bonds. The van der Waals surface area contributed by atoms with Crippen LogP contribution in [-0.2, 0) is 26.2 Å². The summed E-state index contributed by atoms with van der Waals surface area (Å²) in [6.45, 7) is 5.46. The summed E-state index contributed by atoms with van der Waals surface area (Å²) in [4.78, 5) is 28.7. The van der Waals surface area contributed by atoms with Gasteiger partial charge in [0.05, 0.1) is 10.6 Å². The van der Waals surface area contributed by atoms with Gasteiger partial charge in [-0.25, -0.2) is 12.8 Å². The Morgan fingerprint density at radius 2 is 1.65 bits per heavy atom. The van der Waals surface area contributed by atoms with Gasteiger partial charge in [-0.15, -0.1) is 0 Å². The standard InChI is InChI=1S/C31H35ClFN3O6S/c1-4-21(3)34-31(38)27(5-2)35(19-22-8-6-7-9-26(22)32)30(37)20-36(24-12-10-23(33)11-13-24)43(39,40)25-14-15-28-29(18-25)42-17-16-41-28/h6-15,18,21,27H,4-5,16-17,19-20H2,1-3H3,(H,34,38). The van der Waals surface area contributed by atoms with Crippen molar-refractivity contribution >= 4 is 39.1 Å². The minimum atomic E-state index is -4.38. The third-order valence-electron chi connectivity index (χ3n) is 7.18. The fraction of sp³-hybridized carbons (Fsp3) is 0.355. The number of amides is 2. The molecule has 1 N–H and O–H groups in total. The van der Waals surface area contributed by atoms with Crippen LogP contribution in [0.25, 0.3) is 0 Å². The normalized spacial score (nSPS) is 14.0. The topological polar surface area (TPSA) is 105 Å². The molecule has 0 fully saturated rings. The van der Waals surface area contributed by atoms with E-state index >= 15 is 0 Å². The minimum absolute atomic E-state index is 0.0354. The highest BCUT2D eigenvalue weighted by Gasteiger charge is 2.34. The summed E-state index contributed by atoms with van der Waals surface area (Å²) >= 11 is 6.43. The molecule has 2 unspecified atom stereocenters. The van der Waals surface area contributed by atoms with Crippen molar-refractivity contribution in [3.63, 3.8) is 0 Å². The van der Waals surface area contributed by atoms with Gasteiger partial charge in [0.25, 0.3) is 10.0 Å². The third kappa shape index (κ3) is 7.58. The van der Waals surface area contributed by atoms with Gasteiger partial charge >= 0.3 is 0 Å². The first-order chi connectivity index (χ1) is 20.5. The van der Waals surface area contributed by atoms with Crippen LogP contribution in [0.4, 0.5) is 10.1 Å². The summed E-state index contributed by atoms with van der Waals surface area (Å²) in [6.07, 6.45) is 0.955. The molecule has 0 aromatic heterocycles. The maximum atomic E-state index is 14.2. The van der Waals surface area contributed by atoms with E-state index in [1.807, 2.05) is 13.8 Å². The molecule has 9 nitrogen and oxygen atoms in total. The van der Waals surface area contributed by atoms with E-state index in [4.69, 9.17) is 21.1 Å². The lowest BCUT2D eigenvalue weighted by molar-refractivity contribution is -0.140. The number of benzene rings is 3. The van der Waals surface area contributed by atoms with E-state index in [0.717, 1.165) is 16.4 Å². The van der Waals surface area contributed by atoms with Crippen molar-refractivity contribution in [1.82, 2.24) is 10.2 Å². The van der Waals surface area contributed by atoms with Gasteiger partial charge in [0, 0.05) is 23.7 Å². The van der Waals surface area contributed by atoms with Crippen molar-refractivity contribution < 1.29 is 31.9 Å². The molecule has 4 rings (SSSR count). The summed E-state index contributed by atoms with van der Waals surface area (Å²) < 4.78 is 54.1. The molecule has 230 valence electrons. The molecule has 3 aromatic rings. The lowest BCUT2D eigenvalue weighted by Gasteiger charge is -2.34. The Balaban J connectivity index is 1.75. The van der Waals surface area contributed by atoms with E-state index in [1.165, 1.54) is 35.2 Å². The number of anilines is 1. The minimum Gasteiger partial charge on any atom is -0.486 e.